The summed E-state index contributed by atoms with van der Waals surface area (Å²) in [5, 5.41) is 2.90. The van der Waals surface area contributed by atoms with E-state index in [0.717, 1.165) is 11.1 Å². The van der Waals surface area contributed by atoms with Crippen LogP contribution in [0.15, 0.2) is 48.5 Å². The topological polar surface area (TPSA) is 55.1 Å². The van der Waals surface area contributed by atoms with E-state index in [2.05, 4.69) is 5.32 Å². The van der Waals surface area contributed by atoms with Crippen molar-refractivity contribution in [2.75, 3.05) is 5.73 Å². The fourth-order valence-corrected chi connectivity index (χ4v) is 1.82. The van der Waals surface area contributed by atoms with Crippen molar-refractivity contribution in [3.8, 4) is 0 Å². The lowest BCUT2D eigenvalue weighted by Crippen LogP contribution is -2.23. The second-order valence-electron chi connectivity index (χ2n) is 4.24. The van der Waals surface area contributed by atoms with Crippen LogP contribution >= 0.6 is 0 Å². The van der Waals surface area contributed by atoms with Gasteiger partial charge in [0, 0.05) is 17.8 Å². The first-order valence-electron chi connectivity index (χ1n) is 5.85. The standard InChI is InChI=1S/C15H16N2O/c1-11-9-13(16)7-8-14(11)15(18)17-10-12-5-3-2-4-6-12/h2-9H,10,16H2,1H3,(H,17,18). The van der Waals surface area contributed by atoms with E-state index < -0.39 is 0 Å². The molecule has 1 amide bonds. The Hall–Kier alpha value is -2.29. The highest BCUT2D eigenvalue weighted by Crippen LogP contribution is 2.12. The molecule has 0 radical (unpaired) electrons. The molecule has 0 aliphatic carbocycles. The van der Waals surface area contributed by atoms with Crippen LogP contribution < -0.4 is 11.1 Å². The molecule has 3 heteroatoms. The normalized spacial score (nSPS) is 10.1. The van der Waals surface area contributed by atoms with E-state index in [4.69, 9.17) is 5.73 Å². The first-order chi connectivity index (χ1) is 8.66. The predicted octanol–water partition coefficient (Wildman–Crippen LogP) is 2.51. The molecule has 0 bridgehead atoms. The molecule has 18 heavy (non-hydrogen) atoms. The molecular weight excluding hydrogens is 224 g/mol. The molecule has 92 valence electrons. The minimum absolute atomic E-state index is 0.0728. The van der Waals surface area contributed by atoms with Gasteiger partial charge in [-0.2, -0.15) is 0 Å². The molecule has 2 aromatic rings. The summed E-state index contributed by atoms with van der Waals surface area (Å²) in [6, 6.07) is 15.1. The van der Waals surface area contributed by atoms with Gasteiger partial charge in [-0.05, 0) is 36.2 Å². The number of hydrogen-bond acceptors (Lipinski definition) is 2. The van der Waals surface area contributed by atoms with E-state index in [9.17, 15) is 4.79 Å². The molecule has 0 aromatic heterocycles. The number of rotatable bonds is 3. The van der Waals surface area contributed by atoms with Gasteiger partial charge >= 0.3 is 0 Å². The lowest BCUT2D eigenvalue weighted by atomic mass is 10.1. The third-order valence-electron chi connectivity index (χ3n) is 2.79. The van der Waals surface area contributed by atoms with Gasteiger partial charge in [-0.1, -0.05) is 30.3 Å². The van der Waals surface area contributed by atoms with E-state index in [1.54, 1.807) is 18.2 Å². The van der Waals surface area contributed by atoms with Crippen LogP contribution in [-0.4, -0.2) is 5.91 Å². The summed E-state index contributed by atoms with van der Waals surface area (Å²) in [5.74, 6) is -0.0728. The Morgan fingerprint density at radius 2 is 1.89 bits per heavy atom. The summed E-state index contributed by atoms with van der Waals surface area (Å²) < 4.78 is 0. The zero-order chi connectivity index (χ0) is 13.0. The lowest BCUT2D eigenvalue weighted by molar-refractivity contribution is 0.0950. The fourth-order valence-electron chi connectivity index (χ4n) is 1.82. The van der Waals surface area contributed by atoms with Crippen LogP contribution in [0, 0.1) is 6.92 Å². The number of carbonyl (C=O) groups excluding carboxylic acids is 1. The molecule has 2 rings (SSSR count). The molecule has 3 nitrogen and oxygen atoms in total. The van der Waals surface area contributed by atoms with Gasteiger partial charge in [0.25, 0.3) is 5.91 Å². The van der Waals surface area contributed by atoms with E-state index in [1.165, 1.54) is 0 Å². The zero-order valence-corrected chi connectivity index (χ0v) is 10.3. The molecule has 0 aliphatic heterocycles. The maximum absolute atomic E-state index is 12.0. The van der Waals surface area contributed by atoms with E-state index in [0.29, 0.717) is 17.8 Å². The van der Waals surface area contributed by atoms with Crippen LogP contribution in [0.4, 0.5) is 5.69 Å². The SMILES string of the molecule is Cc1cc(N)ccc1C(=O)NCc1ccccc1. The van der Waals surface area contributed by atoms with E-state index >= 15 is 0 Å². The van der Waals surface area contributed by atoms with E-state index in [-0.39, 0.29) is 5.91 Å². The average molecular weight is 240 g/mol. The van der Waals surface area contributed by atoms with Crippen LogP contribution in [0.2, 0.25) is 0 Å². The maximum Gasteiger partial charge on any atom is 0.251 e. The molecule has 2 aromatic carbocycles. The van der Waals surface area contributed by atoms with Crippen molar-refractivity contribution >= 4 is 11.6 Å². The summed E-state index contributed by atoms with van der Waals surface area (Å²) in [4.78, 5) is 12.0. The molecule has 3 N–H and O–H groups in total. The summed E-state index contributed by atoms with van der Waals surface area (Å²) in [7, 11) is 0. The predicted molar refractivity (Wildman–Crippen MR) is 73.2 cm³/mol. The van der Waals surface area contributed by atoms with Crippen molar-refractivity contribution in [3.05, 3.63) is 65.2 Å². The summed E-state index contributed by atoms with van der Waals surface area (Å²) in [6.07, 6.45) is 0. The highest BCUT2D eigenvalue weighted by Gasteiger charge is 2.08. The first-order valence-corrected chi connectivity index (χ1v) is 5.85. The van der Waals surface area contributed by atoms with Crippen LogP contribution in [0.3, 0.4) is 0 Å². The molecular formula is C15H16N2O. The Balaban J connectivity index is 2.04. The number of hydrogen-bond donors (Lipinski definition) is 2. The highest BCUT2D eigenvalue weighted by molar-refractivity contribution is 5.95. The third kappa shape index (κ3) is 2.88. The largest absolute Gasteiger partial charge is 0.399 e. The minimum atomic E-state index is -0.0728. The molecule has 0 saturated heterocycles. The zero-order valence-electron chi connectivity index (χ0n) is 10.3. The lowest BCUT2D eigenvalue weighted by Gasteiger charge is -2.08. The minimum Gasteiger partial charge on any atom is -0.399 e. The van der Waals surface area contributed by atoms with Crippen molar-refractivity contribution < 1.29 is 4.79 Å². The van der Waals surface area contributed by atoms with Gasteiger partial charge < -0.3 is 11.1 Å². The molecule has 0 fully saturated rings. The quantitative estimate of drug-likeness (QED) is 0.810. The molecule has 0 atom stereocenters. The maximum atomic E-state index is 12.0. The number of aryl methyl sites for hydroxylation is 1. The van der Waals surface area contributed by atoms with Gasteiger partial charge in [0.1, 0.15) is 0 Å². The number of anilines is 1. The van der Waals surface area contributed by atoms with Gasteiger partial charge in [-0.3, -0.25) is 4.79 Å². The second kappa shape index (κ2) is 5.36. The molecule has 0 unspecified atom stereocenters. The van der Waals surface area contributed by atoms with Crippen molar-refractivity contribution in [1.29, 1.82) is 0 Å². The van der Waals surface area contributed by atoms with Crippen LogP contribution in [-0.2, 0) is 6.54 Å². The number of carbonyl (C=O) groups is 1. The molecule has 0 heterocycles. The van der Waals surface area contributed by atoms with Crippen molar-refractivity contribution in [3.63, 3.8) is 0 Å². The Bertz CT molecular complexity index is 550. The highest BCUT2D eigenvalue weighted by atomic mass is 16.1. The van der Waals surface area contributed by atoms with Gasteiger partial charge in [0.05, 0.1) is 0 Å². The van der Waals surface area contributed by atoms with Crippen LogP contribution in [0.1, 0.15) is 21.5 Å². The number of nitrogen functional groups attached to an aromatic ring is 1. The number of amides is 1. The van der Waals surface area contributed by atoms with Crippen LogP contribution in [0.25, 0.3) is 0 Å². The van der Waals surface area contributed by atoms with Crippen LogP contribution in [0.5, 0.6) is 0 Å². The summed E-state index contributed by atoms with van der Waals surface area (Å²) in [5.41, 5.74) is 8.97. The third-order valence-corrected chi connectivity index (χ3v) is 2.79. The summed E-state index contributed by atoms with van der Waals surface area (Å²) in [6.45, 7) is 2.41. The number of nitrogens with two attached hydrogens (primary N) is 1. The Morgan fingerprint density at radius 1 is 1.17 bits per heavy atom. The number of benzene rings is 2. The van der Waals surface area contributed by atoms with Crippen molar-refractivity contribution in [2.45, 2.75) is 13.5 Å². The smallest absolute Gasteiger partial charge is 0.251 e. The van der Waals surface area contributed by atoms with Gasteiger partial charge in [-0.15, -0.1) is 0 Å². The Labute approximate surface area is 107 Å². The summed E-state index contributed by atoms with van der Waals surface area (Å²) >= 11 is 0. The fraction of sp³-hybridized carbons (Fsp3) is 0.133. The average Bonchev–Trinajstić information content (AvgIpc) is 2.37. The molecule has 0 spiro atoms. The number of nitrogens with one attached hydrogen (secondary N) is 1. The Kier molecular flexibility index (Phi) is 3.63. The van der Waals surface area contributed by atoms with Crippen molar-refractivity contribution in [1.82, 2.24) is 5.32 Å². The first kappa shape index (κ1) is 12.2. The molecule has 0 saturated carbocycles. The van der Waals surface area contributed by atoms with E-state index in [1.807, 2.05) is 37.3 Å². The second-order valence-corrected chi connectivity index (χ2v) is 4.24. The monoisotopic (exact) mass is 240 g/mol. The van der Waals surface area contributed by atoms with Gasteiger partial charge in [0.15, 0.2) is 0 Å². The van der Waals surface area contributed by atoms with Gasteiger partial charge in [0.2, 0.25) is 0 Å². The van der Waals surface area contributed by atoms with Crippen molar-refractivity contribution in [2.24, 2.45) is 0 Å². The molecule has 0 aliphatic rings. The Morgan fingerprint density at radius 3 is 2.56 bits per heavy atom. The van der Waals surface area contributed by atoms with Gasteiger partial charge in [-0.25, -0.2) is 0 Å².